The van der Waals surface area contributed by atoms with E-state index < -0.39 is 18.2 Å². The minimum atomic E-state index is -3.13. The molecular formula is C23H17ClF2N4O3. The number of carbonyl (C=O) groups excluding carboxylic acids is 1. The van der Waals surface area contributed by atoms with E-state index in [1.165, 1.54) is 25.4 Å². The highest BCUT2D eigenvalue weighted by atomic mass is 35.5. The maximum Gasteiger partial charge on any atom is 0.312 e. The average molecular weight is 471 g/mol. The summed E-state index contributed by atoms with van der Waals surface area (Å²) in [5.74, 6) is -1.94. The first-order chi connectivity index (χ1) is 15.8. The number of ether oxygens (including phenoxy) is 2. The Labute approximate surface area is 192 Å². The molecule has 10 heteroatoms. The third-order valence-electron chi connectivity index (χ3n) is 5.08. The third kappa shape index (κ3) is 4.27. The highest BCUT2D eigenvalue weighted by Crippen LogP contribution is 2.40. The number of benzene rings is 2. The number of nitrogens with zero attached hydrogens (tertiary/aromatic N) is 2. The number of para-hydroxylation sites is 1. The SMILES string of the molecule is COc1ncc(Cl)cc1-c1ccccc1N1Cc2ccc(C(=N)OC(=N)C(F)F)cc2C1=O. The number of halogens is 3. The van der Waals surface area contributed by atoms with E-state index in [0.29, 0.717) is 38.8 Å². The van der Waals surface area contributed by atoms with Crippen molar-refractivity contribution in [3.05, 3.63) is 76.4 Å². The monoisotopic (exact) mass is 470 g/mol. The molecule has 7 nitrogen and oxygen atoms in total. The molecule has 1 aliphatic rings. The van der Waals surface area contributed by atoms with Gasteiger partial charge in [0.2, 0.25) is 11.8 Å². The van der Waals surface area contributed by atoms with E-state index in [2.05, 4.69) is 9.72 Å². The molecule has 0 atom stereocenters. The van der Waals surface area contributed by atoms with Crippen molar-refractivity contribution in [1.82, 2.24) is 4.98 Å². The van der Waals surface area contributed by atoms with E-state index in [-0.39, 0.29) is 18.0 Å². The Morgan fingerprint density at radius 3 is 2.61 bits per heavy atom. The van der Waals surface area contributed by atoms with Crippen LogP contribution in [-0.2, 0) is 11.3 Å². The molecule has 0 saturated carbocycles. The number of pyridine rings is 1. The Hall–Kier alpha value is -3.85. The molecule has 33 heavy (non-hydrogen) atoms. The summed E-state index contributed by atoms with van der Waals surface area (Å²) in [6.45, 7) is 0.267. The van der Waals surface area contributed by atoms with Gasteiger partial charge in [-0.25, -0.2) is 4.98 Å². The highest BCUT2D eigenvalue weighted by molar-refractivity contribution is 6.30. The van der Waals surface area contributed by atoms with Gasteiger partial charge >= 0.3 is 6.43 Å². The molecule has 4 rings (SSSR count). The lowest BCUT2D eigenvalue weighted by Gasteiger charge is -2.20. The van der Waals surface area contributed by atoms with Gasteiger partial charge in [0.15, 0.2) is 0 Å². The fourth-order valence-corrected chi connectivity index (χ4v) is 3.73. The van der Waals surface area contributed by atoms with Crippen molar-refractivity contribution in [2.45, 2.75) is 13.0 Å². The van der Waals surface area contributed by atoms with Gasteiger partial charge in [-0.3, -0.25) is 15.6 Å². The Bertz CT molecular complexity index is 1280. The summed E-state index contributed by atoms with van der Waals surface area (Å²) < 4.78 is 35.1. The van der Waals surface area contributed by atoms with Crippen LogP contribution in [0.15, 0.2) is 54.7 Å². The van der Waals surface area contributed by atoms with Gasteiger partial charge in [0.05, 0.1) is 24.4 Å². The molecule has 0 fully saturated rings. The second kappa shape index (κ2) is 8.95. The van der Waals surface area contributed by atoms with Crippen molar-refractivity contribution >= 4 is 35.0 Å². The van der Waals surface area contributed by atoms with Crippen molar-refractivity contribution in [2.24, 2.45) is 0 Å². The van der Waals surface area contributed by atoms with Crippen molar-refractivity contribution in [2.75, 3.05) is 12.0 Å². The largest absolute Gasteiger partial charge is 0.481 e. The molecule has 0 saturated heterocycles. The number of hydrogen-bond donors (Lipinski definition) is 2. The maximum atomic E-state index is 13.3. The molecule has 1 aromatic heterocycles. The maximum absolute atomic E-state index is 13.3. The first-order valence-electron chi connectivity index (χ1n) is 9.67. The van der Waals surface area contributed by atoms with Gasteiger partial charge in [-0.2, -0.15) is 8.78 Å². The number of fused-ring (bicyclic) bond motifs is 1. The quantitative estimate of drug-likeness (QED) is 0.397. The Morgan fingerprint density at radius 2 is 1.88 bits per heavy atom. The van der Waals surface area contributed by atoms with Gasteiger partial charge in [-0.1, -0.05) is 35.9 Å². The molecule has 0 aliphatic carbocycles. The topological polar surface area (TPSA) is 99.4 Å². The Kier molecular flexibility index (Phi) is 6.06. The second-order valence-electron chi connectivity index (χ2n) is 7.09. The highest BCUT2D eigenvalue weighted by Gasteiger charge is 2.31. The molecule has 3 aromatic rings. The fourth-order valence-electron chi connectivity index (χ4n) is 3.57. The Morgan fingerprint density at radius 1 is 1.12 bits per heavy atom. The van der Waals surface area contributed by atoms with Crippen molar-refractivity contribution < 1.29 is 23.0 Å². The van der Waals surface area contributed by atoms with Crippen molar-refractivity contribution in [1.29, 1.82) is 10.8 Å². The zero-order valence-electron chi connectivity index (χ0n) is 17.2. The van der Waals surface area contributed by atoms with E-state index in [4.69, 9.17) is 27.2 Å². The lowest BCUT2D eigenvalue weighted by Crippen LogP contribution is -2.24. The second-order valence-corrected chi connectivity index (χ2v) is 7.52. The van der Waals surface area contributed by atoms with Gasteiger partial charge < -0.3 is 14.4 Å². The van der Waals surface area contributed by atoms with Crippen LogP contribution in [0.3, 0.4) is 0 Å². The van der Waals surface area contributed by atoms with Crippen LogP contribution in [0.2, 0.25) is 5.02 Å². The number of amides is 1. The smallest absolute Gasteiger partial charge is 0.312 e. The molecule has 1 amide bonds. The molecular weight excluding hydrogens is 454 g/mol. The molecule has 0 radical (unpaired) electrons. The zero-order chi connectivity index (χ0) is 23.7. The molecule has 2 N–H and O–H groups in total. The van der Waals surface area contributed by atoms with Crippen molar-refractivity contribution in [3.63, 3.8) is 0 Å². The summed E-state index contributed by atoms with van der Waals surface area (Å²) >= 11 is 6.15. The number of aromatic nitrogens is 1. The summed E-state index contributed by atoms with van der Waals surface area (Å²) in [4.78, 5) is 19.1. The summed E-state index contributed by atoms with van der Waals surface area (Å²) in [5, 5.41) is 15.4. The lowest BCUT2D eigenvalue weighted by atomic mass is 10.0. The van der Waals surface area contributed by atoms with Crippen LogP contribution in [0.4, 0.5) is 14.5 Å². The van der Waals surface area contributed by atoms with Gasteiger partial charge in [0, 0.05) is 28.5 Å². The number of rotatable bonds is 5. The normalized spacial score (nSPS) is 12.6. The van der Waals surface area contributed by atoms with Gasteiger partial charge in [0.25, 0.3) is 11.8 Å². The third-order valence-corrected chi connectivity index (χ3v) is 5.29. The summed E-state index contributed by atoms with van der Waals surface area (Å²) in [6, 6.07) is 13.5. The van der Waals surface area contributed by atoms with Crippen LogP contribution in [0, 0.1) is 10.8 Å². The Balaban J connectivity index is 1.69. The molecule has 1 aliphatic heterocycles. The number of methoxy groups -OCH3 is 1. The van der Waals surface area contributed by atoms with E-state index in [0.717, 1.165) is 0 Å². The van der Waals surface area contributed by atoms with Crippen LogP contribution in [0.25, 0.3) is 11.1 Å². The average Bonchev–Trinajstić information content (AvgIpc) is 3.14. The zero-order valence-corrected chi connectivity index (χ0v) is 18.0. The summed E-state index contributed by atoms with van der Waals surface area (Å²) in [7, 11) is 1.49. The van der Waals surface area contributed by atoms with E-state index in [1.54, 1.807) is 29.2 Å². The standard InChI is InChI=1S/C23H17ClF2N4O3/c1-32-22-17(9-14(24)10-29-22)15-4-2-3-5-18(15)30-11-13-7-6-12(8-16(13)23(30)31)20(27)33-21(28)19(25)26/h2-10,19,27-28H,11H2,1H3. The molecule has 2 aromatic carbocycles. The minimum absolute atomic E-state index is 0.114. The summed E-state index contributed by atoms with van der Waals surface area (Å²) in [5.41, 5.74) is 3.04. The minimum Gasteiger partial charge on any atom is -0.481 e. The van der Waals surface area contributed by atoms with Gasteiger partial charge in [0.1, 0.15) is 0 Å². The van der Waals surface area contributed by atoms with E-state index >= 15 is 0 Å². The number of hydrogen-bond acceptors (Lipinski definition) is 6. The number of carbonyl (C=O) groups is 1. The van der Waals surface area contributed by atoms with E-state index in [9.17, 15) is 13.6 Å². The first-order valence-corrected chi connectivity index (χ1v) is 10.0. The lowest BCUT2D eigenvalue weighted by molar-refractivity contribution is 0.0996. The van der Waals surface area contributed by atoms with Gasteiger partial charge in [-0.15, -0.1) is 0 Å². The summed E-state index contributed by atoms with van der Waals surface area (Å²) in [6.07, 6.45) is -1.67. The van der Waals surface area contributed by atoms with Gasteiger partial charge in [-0.05, 0) is 29.8 Å². The predicted molar refractivity (Wildman–Crippen MR) is 120 cm³/mol. The van der Waals surface area contributed by atoms with Crippen molar-refractivity contribution in [3.8, 4) is 17.0 Å². The molecule has 0 unspecified atom stereocenters. The molecule has 2 heterocycles. The fraction of sp³-hybridized carbons (Fsp3) is 0.130. The van der Waals surface area contributed by atoms with Crippen LogP contribution in [0.1, 0.15) is 21.5 Å². The first kappa shape index (κ1) is 22.3. The molecule has 0 bridgehead atoms. The van der Waals surface area contributed by atoms with E-state index in [1.807, 2.05) is 12.1 Å². The number of nitrogens with one attached hydrogen (secondary N) is 2. The van der Waals surface area contributed by atoms with Crippen LogP contribution >= 0.6 is 11.6 Å². The molecule has 168 valence electrons. The van der Waals surface area contributed by atoms with Crippen LogP contribution in [-0.4, -0.2) is 36.2 Å². The molecule has 0 spiro atoms. The number of alkyl halides is 2. The number of anilines is 1. The predicted octanol–water partition coefficient (Wildman–Crippen LogP) is 5.16. The van der Waals surface area contributed by atoms with Crippen LogP contribution in [0.5, 0.6) is 5.88 Å². The van der Waals surface area contributed by atoms with Crippen LogP contribution < -0.4 is 9.64 Å².